The number of methoxy groups -OCH3 is 1. The highest BCUT2D eigenvalue weighted by Gasteiger charge is 2.36. The van der Waals surface area contributed by atoms with Crippen LogP contribution in [0, 0.1) is 5.92 Å². The van der Waals surface area contributed by atoms with Crippen LogP contribution in [0.3, 0.4) is 0 Å². The normalized spacial score (nSPS) is 24.0. The van der Waals surface area contributed by atoms with Crippen molar-refractivity contribution in [2.75, 3.05) is 33.1 Å². The van der Waals surface area contributed by atoms with Crippen molar-refractivity contribution in [2.45, 2.75) is 18.1 Å². The van der Waals surface area contributed by atoms with Crippen LogP contribution in [0.15, 0.2) is 18.2 Å². The van der Waals surface area contributed by atoms with Crippen LogP contribution in [0.1, 0.15) is 12.0 Å². The molecule has 0 unspecified atom stereocenters. The van der Waals surface area contributed by atoms with Gasteiger partial charge in [0.25, 0.3) is 0 Å². The molecule has 7 heteroatoms. The molecular weight excluding hydrogens is 318 g/mol. The zero-order valence-corrected chi connectivity index (χ0v) is 14.1. The smallest absolute Gasteiger partial charge is 0.229 e. The van der Waals surface area contributed by atoms with Gasteiger partial charge in [-0.1, -0.05) is 6.07 Å². The van der Waals surface area contributed by atoms with Crippen molar-refractivity contribution >= 4 is 15.7 Å². The summed E-state index contributed by atoms with van der Waals surface area (Å²) in [6.45, 7) is 1.12. The Morgan fingerprint density at radius 1 is 1.39 bits per heavy atom. The number of nitrogens with zero attached hydrogens (tertiary/aromatic N) is 1. The topological polar surface area (TPSA) is 72.9 Å². The van der Waals surface area contributed by atoms with Crippen LogP contribution in [0.5, 0.6) is 11.5 Å². The first-order chi connectivity index (χ1) is 10.9. The first kappa shape index (κ1) is 16.1. The van der Waals surface area contributed by atoms with E-state index in [0.717, 1.165) is 17.1 Å². The van der Waals surface area contributed by atoms with Gasteiger partial charge in [-0.2, -0.15) is 0 Å². The molecule has 2 aliphatic rings. The maximum Gasteiger partial charge on any atom is 0.229 e. The molecule has 3 rings (SSSR count). The van der Waals surface area contributed by atoms with Gasteiger partial charge in [-0.05, 0) is 24.5 Å². The summed E-state index contributed by atoms with van der Waals surface area (Å²) in [6, 6.07) is 5.59. The lowest BCUT2D eigenvalue weighted by Gasteiger charge is -2.28. The SMILES string of the molecule is COc1ccc2c(c1)OC[C@@H](C(=O)N1CC[C@H](S(C)(=O)=O)C1)C2. The van der Waals surface area contributed by atoms with Gasteiger partial charge in [0.1, 0.15) is 18.1 Å². The zero-order chi connectivity index (χ0) is 16.6. The van der Waals surface area contributed by atoms with Gasteiger partial charge in [0.05, 0.1) is 18.3 Å². The van der Waals surface area contributed by atoms with Crippen molar-refractivity contribution in [2.24, 2.45) is 5.92 Å². The Labute approximate surface area is 136 Å². The highest BCUT2D eigenvalue weighted by atomic mass is 32.2. The third kappa shape index (κ3) is 3.29. The maximum atomic E-state index is 12.6. The molecule has 0 spiro atoms. The van der Waals surface area contributed by atoms with Gasteiger partial charge in [-0.3, -0.25) is 4.79 Å². The van der Waals surface area contributed by atoms with Crippen molar-refractivity contribution in [3.63, 3.8) is 0 Å². The minimum Gasteiger partial charge on any atom is -0.497 e. The standard InChI is InChI=1S/C16H21NO5S/c1-21-13-4-3-11-7-12(10-22-15(11)8-13)16(18)17-6-5-14(9-17)23(2,19)20/h3-4,8,12,14H,5-7,9-10H2,1-2H3/t12-,14-/m0/s1. The van der Waals surface area contributed by atoms with Crippen molar-refractivity contribution in [1.82, 2.24) is 4.90 Å². The molecular formula is C16H21NO5S. The summed E-state index contributed by atoms with van der Waals surface area (Å²) in [5, 5.41) is -0.437. The monoisotopic (exact) mass is 339 g/mol. The number of hydrogen-bond acceptors (Lipinski definition) is 5. The average molecular weight is 339 g/mol. The first-order valence-electron chi connectivity index (χ1n) is 7.66. The van der Waals surface area contributed by atoms with Crippen molar-refractivity contribution in [3.8, 4) is 11.5 Å². The predicted molar refractivity (Wildman–Crippen MR) is 85.5 cm³/mol. The highest BCUT2D eigenvalue weighted by Crippen LogP contribution is 2.32. The lowest BCUT2D eigenvalue weighted by atomic mass is 9.95. The molecule has 0 radical (unpaired) electrons. The Kier molecular flexibility index (Phi) is 4.23. The van der Waals surface area contributed by atoms with Gasteiger partial charge in [0.2, 0.25) is 5.91 Å². The number of fused-ring (bicyclic) bond motifs is 1. The minimum absolute atomic E-state index is 0.0161. The fourth-order valence-electron chi connectivity index (χ4n) is 3.17. The lowest BCUT2D eigenvalue weighted by Crippen LogP contribution is -2.40. The van der Waals surface area contributed by atoms with Gasteiger partial charge < -0.3 is 14.4 Å². The lowest BCUT2D eigenvalue weighted by molar-refractivity contribution is -0.135. The second-order valence-corrected chi connectivity index (χ2v) is 8.54. The Balaban J connectivity index is 1.68. The van der Waals surface area contributed by atoms with Crippen LogP contribution in [0.2, 0.25) is 0 Å². The maximum absolute atomic E-state index is 12.6. The van der Waals surface area contributed by atoms with Crippen LogP contribution in [-0.2, 0) is 21.1 Å². The number of amides is 1. The minimum atomic E-state index is -3.10. The number of rotatable bonds is 3. The molecule has 1 saturated heterocycles. The molecule has 23 heavy (non-hydrogen) atoms. The van der Waals surface area contributed by atoms with Crippen LogP contribution < -0.4 is 9.47 Å². The second-order valence-electron chi connectivity index (χ2n) is 6.21. The molecule has 126 valence electrons. The molecule has 2 atom stereocenters. The van der Waals surface area contributed by atoms with E-state index in [9.17, 15) is 13.2 Å². The molecule has 1 fully saturated rings. The molecule has 0 aromatic heterocycles. The number of hydrogen-bond donors (Lipinski definition) is 0. The van der Waals surface area contributed by atoms with Gasteiger partial charge in [0, 0.05) is 25.4 Å². The molecule has 2 aliphatic heterocycles. The summed E-state index contributed by atoms with van der Waals surface area (Å²) in [7, 11) is -1.50. The van der Waals surface area contributed by atoms with E-state index in [1.54, 1.807) is 12.0 Å². The largest absolute Gasteiger partial charge is 0.497 e. The summed E-state index contributed by atoms with van der Waals surface area (Å²) in [5.74, 6) is 1.21. The van der Waals surface area contributed by atoms with E-state index >= 15 is 0 Å². The molecule has 0 bridgehead atoms. The van der Waals surface area contributed by atoms with Crippen LogP contribution >= 0.6 is 0 Å². The van der Waals surface area contributed by atoms with Gasteiger partial charge in [-0.25, -0.2) is 8.42 Å². The number of benzene rings is 1. The summed E-state index contributed by atoms with van der Waals surface area (Å²) in [6.07, 6.45) is 2.36. The van der Waals surface area contributed by atoms with E-state index in [1.807, 2.05) is 18.2 Å². The van der Waals surface area contributed by atoms with E-state index < -0.39 is 15.1 Å². The third-order valence-electron chi connectivity index (χ3n) is 4.59. The Morgan fingerprint density at radius 3 is 2.83 bits per heavy atom. The molecule has 2 heterocycles. The zero-order valence-electron chi connectivity index (χ0n) is 13.3. The van der Waals surface area contributed by atoms with Crippen LogP contribution in [-0.4, -0.2) is 57.5 Å². The molecule has 6 nitrogen and oxygen atoms in total. The second kappa shape index (κ2) is 6.03. The van der Waals surface area contributed by atoms with E-state index in [-0.39, 0.29) is 11.8 Å². The Morgan fingerprint density at radius 2 is 2.17 bits per heavy atom. The van der Waals surface area contributed by atoms with E-state index in [0.29, 0.717) is 32.5 Å². The number of carbonyl (C=O) groups excluding carboxylic acids is 1. The van der Waals surface area contributed by atoms with E-state index in [2.05, 4.69) is 0 Å². The number of ether oxygens (including phenoxy) is 2. The number of carbonyl (C=O) groups is 1. The third-order valence-corrected chi connectivity index (χ3v) is 6.19. The van der Waals surface area contributed by atoms with Crippen LogP contribution in [0.4, 0.5) is 0 Å². The summed E-state index contributed by atoms with van der Waals surface area (Å²) >= 11 is 0. The van der Waals surface area contributed by atoms with Gasteiger partial charge in [-0.15, -0.1) is 0 Å². The molecule has 0 saturated carbocycles. The first-order valence-corrected chi connectivity index (χ1v) is 9.61. The quantitative estimate of drug-likeness (QED) is 0.818. The van der Waals surface area contributed by atoms with Gasteiger partial charge >= 0.3 is 0 Å². The molecule has 1 aromatic carbocycles. The Bertz CT molecular complexity index is 715. The molecule has 0 aliphatic carbocycles. The van der Waals surface area contributed by atoms with Crippen LogP contribution in [0.25, 0.3) is 0 Å². The number of likely N-dealkylation sites (tertiary alicyclic amines) is 1. The summed E-state index contributed by atoms with van der Waals surface area (Å²) < 4.78 is 34.1. The molecule has 0 N–H and O–H groups in total. The van der Waals surface area contributed by atoms with Crippen molar-refractivity contribution in [1.29, 1.82) is 0 Å². The predicted octanol–water partition coefficient (Wildman–Crippen LogP) is 0.892. The average Bonchev–Trinajstić information content (AvgIpc) is 3.03. The molecule has 1 aromatic rings. The summed E-state index contributed by atoms with van der Waals surface area (Å²) in [4.78, 5) is 14.3. The fraction of sp³-hybridized carbons (Fsp3) is 0.562. The Hall–Kier alpha value is -1.76. The summed E-state index contributed by atoms with van der Waals surface area (Å²) in [5.41, 5.74) is 0.981. The number of sulfone groups is 1. The molecule has 1 amide bonds. The highest BCUT2D eigenvalue weighted by molar-refractivity contribution is 7.91. The van der Waals surface area contributed by atoms with E-state index in [1.165, 1.54) is 6.26 Å². The van der Waals surface area contributed by atoms with Gasteiger partial charge in [0.15, 0.2) is 9.84 Å². The fourth-order valence-corrected chi connectivity index (χ4v) is 4.16. The van der Waals surface area contributed by atoms with Crippen molar-refractivity contribution < 1.29 is 22.7 Å². The van der Waals surface area contributed by atoms with Crippen molar-refractivity contribution in [3.05, 3.63) is 23.8 Å². The van der Waals surface area contributed by atoms with E-state index in [4.69, 9.17) is 9.47 Å².